The van der Waals surface area contributed by atoms with Crippen LogP contribution in [0.25, 0.3) is 0 Å². The van der Waals surface area contributed by atoms with Crippen LogP contribution in [0, 0.1) is 11.8 Å². The lowest BCUT2D eigenvalue weighted by Crippen LogP contribution is -2.57. The van der Waals surface area contributed by atoms with Crippen molar-refractivity contribution in [2.75, 3.05) is 0 Å². The fourth-order valence-electron chi connectivity index (χ4n) is 3.75. The van der Waals surface area contributed by atoms with E-state index < -0.39 is 59.9 Å². The van der Waals surface area contributed by atoms with E-state index >= 15 is 0 Å². The maximum Gasteiger partial charge on any atom is 0.330 e. The molecule has 1 saturated heterocycles. The predicted octanol–water partition coefficient (Wildman–Crippen LogP) is 1.48. The van der Waals surface area contributed by atoms with Crippen LogP contribution < -0.4 is 0 Å². The molecule has 1 aliphatic heterocycles. The third-order valence-electron chi connectivity index (χ3n) is 5.88. The first-order valence-corrected chi connectivity index (χ1v) is 10.8. The van der Waals surface area contributed by atoms with Crippen molar-refractivity contribution >= 4 is 11.9 Å². The van der Waals surface area contributed by atoms with Crippen LogP contribution in [0.3, 0.4) is 0 Å². The minimum atomic E-state index is -2.02. The van der Waals surface area contributed by atoms with Gasteiger partial charge in [0.15, 0.2) is 0 Å². The average Bonchev–Trinajstić information content (AvgIpc) is 2.71. The number of rotatable bonds is 8. The van der Waals surface area contributed by atoms with Crippen molar-refractivity contribution in [1.29, 1.82) is 0 Å². The fourth-order valence-corrected chi connectivity index (χ4v) is 3.75. The Hall–Kier alpha value is -1.48. The van der Waals surface area contributed by atoms with E-state index in [-0.39, 0.29) is 0 Å². The molecule has 30 heavy (non-hydrogen) atoms. The highest BCUT2D eigenvalue weighted by Crippen LogP contribution is 2.32. The molecule has 1 heterocycles. The Morgan fingerprint density at radius 1 is 1.20 bits per heavy atom. The van der Waals surface area contributed by atoms with Gasteiger partial charge >= 0.3 is 11.9 Å². The average molecular weight is 431 g/mol. The number of ether oxygens (including phenoxy) is 2. The summed E-state index contributed by atoms with van der Waals surface area (Å²) in [4.78, 5) is 24.6. The molecule has 0 radical (unpaired) electrons. The van der Waals surface area contributed by atoms with Gasteiger partial charge in [0, 0.05) is 12.0 Å². The zero-order valence-electron chi connectivity index (χ0n) is 18.7. The van der Waals surface area contributed by atoms with Crippen LogP contribution in [-0.4, -0.2) is 68.5 Å². The molecule has 0 aromatic carbocycles. The summed E-state index contributed by atoms with van der Waals surface area (Å²) in [5.41, 5.74) is -2.02. The molecule has 0 spiro atoms. The Kier molecular flexibility index (Phi) is 10.4. The highest BCUT2D eigenvalue weighted by molar-refractivity contribution is 5.82. The Morgan fingerprint density at radius 3 is 2.43 bits per heavy atom. The van der Waals surface area contributed by atoms with E-state index in [2.05, 4.69) is 6.92 Å². The second-order valence-corrected chi connectivity index (χ2v) is 8.58. The van der Waals surface area contributed by atoms with E-state index in [1.54, 1.807) is 0 Å². The van der Waals surface area contributed by atoms with Crippen LogP contribution in [0.4, 0.5) is 0 Å². The maximum absolute atomic E-state index is 12.3. The Balaban J connectivity index is 2.88. The summed E-state index contributed by atoms with van der Waals surface area (Å²) in [5.74, 6) is -3.46. The van der Waals surface area contributed by atoms with Crippen molar-refractivity contribution in [3.63, 3.8) is 0 Å². The van der Waals surface area contributed by atoms with E-state index in [9.17, 15) is 30.0 Å². The highest BCUT2D eigenvalue weighted by Gasteiger charge is 2.50. The monoisotopic (exact) mass is 430 g/mol. The SMILES string of the molecule is CCCCCC[C@@H](O)/C=C\C(=O)O[C@@H]1[C@@H](C)[C@H](O)[C@@](C)(O)[C@H](O)[C@@H](C)C(=O)O[C@H]1C. The summed E-state index contributed by atoms with van der Waals surface area (Å²) in [6.45, 7) is 7.77. The Bertz CT molecular complexity index is 588. The number of hydrogen-bond acceptors (Lipinski definition) is 8. The highest BCUT2D eigenvalue weighted by atomic mass is 16.6. The number of carbonyl (C=O) groups excluding carboxylic acids is 2. The number of unbranched alkanes of at least 4 members (excludes halogenated alkanes) is 3. The minimum absolute atomic E-state index is 0.537. The summed E-state index contributed by atoms with van der Waals surface area (Å²) in [6.07, 6.45) is 1.24. The molecular weight excluding hydrogens is 392 g/mol. The zero-order chi connectivity index (χ0) is 23.1. The summed E-state index contributed by atoms with van der Waals surface area (Å²) < 4.78 is 10.7. The number of carbonyl (C=O) groups is 2. The number of esters is 2. The molecule has 0 amide bonds. The van der Waals surface area contributed by atoms with Crippen molar-refractivity contribution in [2.45, 2.75) is 103 Å². The Morgan fingerprint density at radius 2 is 1.83 bits per heavy atom. The lowest BCUT2D eigenvalue weighted by molar-refractivity contribution is -0.180. The number of hydrogen-bond donors (Lipinski definition) is 4. The first-order chi connectivity index (χ1) is 13.9. The molecule has 174 valence electrons. The van der Waals surface area contributed by atoms with Crippen molar-refractivity contribution < 1.29 is 39.5 Å². The fraction of sp³-hybridized carbons (Fsp3) is 0.818. The van der Waals surface area contributed by atoms with Gasteiger partial charge in [-0.15, -0.1) is 0 Å². The molecule has 8 nitrogen and oxygen atoms in total. The molecule has 0 aromatic heterocycles. The predicted molar refractivity (Wildman–Crippen MR) is 110 cm³/mol. The summed E-state index contributed by atoms with van der Waals surface area (Å²) in [5, 5.41) is 41.6. The lowest BCUT2D eigenvalue weighted by Gasteiger charge is -2.39. The Labute approximate surface area is 178 Å². The second-order valence-electron chi connectivity index (χ2n) is 8.58. The van der Waals surface area contributed by atoms with Gasteiger partial charge in [-0.1, -0.05) is 39.5 Å². The van der Waals surface area contributed by atoms with E-state index in [0.29, 0.717) is 6.42 Å². The van der Waals surface area contributed by atoms with Gasteiger partial charge in [0.1, 0.15) is 17.8 Å². The topological polar surface area (TPSA) is 134 Å². The maximum atomic E-state index is 12.3. The number of aliphatic hydroxyl groups is 4. The van der Waals surface area contributed by atoms with Crippen LogP contribution in [-0.2, 0) is 19.1 Å². The number of cyclic esters (lactones) is 1. The molecule has 0 unspecified atom stereocenters. The van der Waals surface area contributed by atoms with Gasteiger partial charge < -0.3 is 29.9 Å². The second kappa shape index (κ2) is 11.8. The summed E-state index contributed by atoms with van der Waals surface area (Å²) >= 11 is 0. The molecule has 0 aliphatic carbocycles. The third kappa shape index (κ3) is 7.04. The summed E-state index contributed by atoms with van der Waals surface area (Å²) in [6, 6.07) is 0. The van der Waals surface area contributed by atoms with Crippen molar-refractivity contribution in [1.82, 2.24) is 0 Å². The van der Waals surface area contributed by atoms with Gasteiger partial charge in [-0.25, -0.2) is 4.79 Å². The first-order valence-electron chi connectivity index (χ1n) is 10.8. The van der Waals surface area contributed by atoms with Gasteiger partial charge in [0.25, 0.3) is 0 Å². The normalized spacial score (nSPS) is 36.5. The van der Waals surface area contributed by atoms with Gasteiger partial charge in [-0.05, 0) is 33.3 Å². The van der Waals surface area contributed by atoms with Gasteiger partial charge in [0.2, 0.25) is 0 Å². The molecule has 8 atom stereocenters. The van der Waals surface area contributed by atoms with Gasteiger partial charge in [-0.3, -0.25) is 4.79 Å². The van der Waals surface area contributed by atoms with Crippen LogP contribution in [0.15, 0.2) is 12.2 Å². The largest absolute Gasteiger partial charge is 0.458 e. The molecule has 0 aromatic rings. The smallest absolute Gasteiger partial charge is 0.330 e. The molecule has 0 bridgehead atoms. The van der Waals surface area contributed by atoms with E-state index in [0.717, 1.165) is 31.8 Å². The zero-order valence-corrected chi connectivity index (χ0v) is 18.7. The van der Waals surface area contributed by atoms with Crippen LogP contribution in [0.2, 0.25) is 0 Å². The van der Waals surface area contributed by atoms with E-state index in [1.807, 2.05) is 0 Å². The number of aliphatic hydroxyl groups excluding tert-OH is 3. The molecule has 1 aliphatic rings. The van der Waals surface area contributed by atoms with Crippen molar-refractivity contribution in [3.8, 4) is 0 Å². The molecule has 4 N–H and O–H groups in total. The van der Waals surface area contributed by atoms with E-state index in [4.69, 9.17) is 9.47 Å². The van der Waals surface area contributed by atoms with Crippen LogP contribution in [0.1, 0.15) is 66.7 Å². The molecule has 0 saturated carbocycles. The van der Waals surface area contributed by atoms with Crippen LogP contribution >= 0.6 is 0 Å². The molecule has 8 heteroatoms. The van der Waals surface area contributed by atoms with Gasteiger partial charge in [0.05, 0.1) is 24.2 Å². The van der Waals surface area contributed by atoms with Crippen molar-refractivity contribution in [2.24, 2.45) is 11.8 Å². The molecular formula is C22H38O8. The molecule has 1 fully saturated rings. The third-order valence-corrected chi connectivity index (χ3v) is 5.88. The van der Waals surface area contributed by atoms with Gasteiger partial charge in [-0.2, -0.15) is 0 Å². The standard InChI is InChI=1S/C22H38O8/c1-6-7-8-9-10-16(23)11-12-17(24)30-18-13(2)19(25)22(5,28)20(26)14(3)21(27)29-15(18)4/h11-16,18-20,23,25-26,28H,6-10H2,1-5H3/b12-11-/t13-,14-,15+,16-,18-,19+,20-,22-/m1/s1. The quantitative estimate of drug-likeness (QED) is 0.258. The summed E-state index contributed by atoms with van der Waals surface area (Å²) in [7, 11) is 0. The van der Waals surface area contributed by atoms with Crippen molar-refractivity contribution in [3.05, 3.63) is 12.2 Å². The van der Waals surface area contributed by atoms with Crippen LogP contribution in [0.5, 0.6) is 0 Å². The molecule has 1 rings (SSSR count). The van der Waals surface area contributed by atoms with E-state index in [1.165, 1.54) is 33.8 Å². The lowest BCUT2D eigenvalue weighted by atomic mass is 9.78. The first kappa shape index (κ1) is 26.6. The minimum Gasteiger partial charge on any atom is -0.458 e.